The summed E-state index contributed by atoms with van der Waals surface area (Å²) in [5.41, 5.74) is 0. The highest BCUT2D eigenvalue weighted by Gasteiger charge is 2.44. The molecule has 434 valence electrons. The van der Waals surface area contributed by atoms with E-state index in [1.165, 1.54) is 238 Å². The van der Waals surface area contributed by atoms with Crippen molar-refractivity contribution in [3.63, 3.8) is 0 Å². The van der Waals surface area contributed by atoms with Crippen LogP contribution in [-0.2, 0) is 14.3 Å². The van der Waals surface area contributed by atoms with Crippen molar-refractivity contribution in [3.8, 4) is 0 Å². The van der Waals surface area contributed by atoms with Crippen LogP contribution in [0.4, 0.5) is 0 Å². The lowest BCUT2D eigenvalue weighted by Gasteiger charge is -2.40. The van der Waals surface area contributed by atoms with Crippen LogP contribution in [0.15, 0.2) is 48.6 Å². The lowest BCUT2D eigenvalue weighted by Crippen LogP contribution is -2.60. The smallest absolute Gasteiger partial charge is 0.220 e. The number of aliphatic hydroxyl groups is 5. The molecule has 1 saturated heterocycles. The van der Waals surface area contributed by atoms with Crippen molar-refractivity contribution in [2.75, 3.05) is 13.2 Å². The van der Waals surface area contributed by atoms with Crippen LogP contribution in [0.25, 0.3) is 0 Å². The Balaban J connectivity index is 2.13. The normalized spacial score (nSPS) is 19.3. The number of rotatable bonds is 55. The quantitative estimate of drug-likeness (QED) is 0.0261. The van der Waals surface area contributed by atoms with Crippen molar-refractivity contribution >= 4 is 5.91 Å². The number of amides is 1. The Labute approximate surface area is 456 Å². The van der Waals surface area contributed by atoms with Crippen LogP contribution >= 0.6 is 0 Å². The number of allylic oxidation sites excluding steroid dienone is 7. The van der Waals surface area contributed by atoms with Crippen molar-refractivity contribution in [2.45, 2.75) is 346 Å². The van der Waals surface area contributed by atoms with Crippen LogP contribution < -0.4 is 5.32 Å². The SMILES string of the molecule is CCCCCCC/C=C\C/C=C\CCCCCCCCCCCCCCCCCCCCCCCC(=O)NC(COC1OC(CO)C(O)C(O)C1O)C(O)/C=C/CC/C=C/CCCCCCCCCCCCCC. The molecule has 0 aliphatic carbocycles. The molecule has 7 unspecified atom stereocenters. The van der Waals surface area contributed by atoms with Gasteiger partial charge in [-0.3, -0.25) is 4.79 Å². The summed E-state index contributed by atoms with van der Waals surface area (Å²) in [6, 6.07) is -0.821. The molecule has 1 rings (SSSR count). The first-order chi connectivity index (χ1) is 36.3. The fraction of sp³-hybridized carbons (Fsp3) is 0.862. The van der Waals surface area contributed by atoms with E-state index in [4.69, 9.17) is 9.47 Å². The predicted molar refractivity (Wildman–Crippen MR) is 313 cm³/mol. The third kappa shape index (κ3) is 43.2. The molecule has 6 N–H and O–H groups in total. The summed E-state index contributed by atoms with van der Waals surface area (Å²) in [5, 5.41) is 54.6. The summed E-state index contributed by atoms with van der Waals surface area (Å²) in [6.07, 6.45) is 66.3. The minimum Gasteiger partial charge on any atom is -0.394 e. The second kappa shape index (κ2) is 54.5. The molecule has 1 aliphatic heterocycles. The van der Waals surface area contributed by atoms with Gasteiger partial charge in [0.2, 0.25) is 5.91 Å². The first kappa shape index (κ1) is 70.2. The second-order valence-electron chi connectivity index (χ2n) is 22.2. The molecule has 0 aromatic rings. The summed E-state index contributed by atoms with van der Waals surface area (Å²) in [4.78, 5) is 13.1. The predicted octanol–water partition coefficient (Wildman–Crippen LogP) is 16.5. The molecule has 0 aromatic carbocycles. The molecular weight excluding hydrogens is 923 g/mol. The third-order valence-corrected chi connectivity index (χ3v) is 15.1. The molecule has 9 heteroatoms. The van der Waals surface area contributed by atoms with E-state index in [1.807, 2.05) is 6.08 Å². The first-order valence-corrected chi connectivity index (χ1v) is 31.9. The van der Waals surface area contributed by atoms with Crippen molar-refractivity contribution < 1.29 is 39.8 Å². The molecular formula is C65H121NO8. The van der Waals surface area contributed by atoms with E-state index >= 15 is 0 Å². The van der Waals surface area contributed by atoms with Gasteiger partial charge in [0.1, 0.15) is 24.4 Å². The lowest BCUT2D eigenvalue weighted by atomic mass is 9.99. The van der Waals surface area contributed by atoms with Crippen LogP contribution in [0.2, 0.25) is 0 Å². The second-order valence-corrected chi connectivity index (χ2v) is 22.2. The molecule has 1 aliphatic rings. The van der Waals surface area contributed by atoms with E-state index in [9.17, 15) is 30.3 Å². The maximum absolute atomic E-state index is 13.1. The zero-order valence-corrected chi connectivity index (χ0v) is 48.4. The number of unbranched alkanes of at least 4 members (excludes halogenated alkanes) is 39. The Hall–Kier alpha value is -1.85. The van der Waals surface area contributed by atoms with E-state index in [0.717, 1.165) is 44.9 Å². The van der Waals surface area contributed by atoms with Gasteiger partial charge in [-0.05, 0) is 64.2 Å². The Kier molecular flexibility index (Phi) is 51.7. The largest absolute Gasteiger partial charge is 0.394 e. The van der Waals surface area contributed by atoms with E-state index in [1.54, 1.807) is 6.08 Å². The zero-order chi connectivity index (χ0) is 53.6. The van der Waals surface area contributed by atoms with Gasteiger partial charge in [0, 0.05) is 6.42 Å². The summed E-state index contributed by atoms with van der Waals surface area (Å²) in [5.74, 6) is -0.182. The minimum absolute atomic E-state index is 0.182. The minimum atomic E-state index is -1.57. The van der Waals surface area contributed by atoms with Gasteiger partial charge in [-0.1, -0.05) is 281 Å². The van der Waals surface area contributed by atoms with Crippen molar-refractivity contribution in [1.29, 1.82) is 0 Å². The number of carbonyl (C=O) groups excluding carboxylic acids is 1. The highest BCUT2D eigenvalue weighted by Crippen LogP contribution is 2.23. The molecule has 1 heterocycles. The lowest BCUT2D eigenvalue weighted by molar-refractivity contribution is -0.302. The van der Waals surface area contributed by atoms with Gasteiger partial charge in [-0.2, -0.15) is 0 Å². The van der Waals surface area contributed by atoms with Crippen LogP contribution in [0, 0.1) is 0 Å². The molecule has 0 aromatic heterocycles. The summed E-state index contributed by atoms with van der Waals surface area (Å²) in [7, 11) is 0. The van der Waals surface area contributed by atoms with Gasteiger partial charge in [0.05, 0.1) is 25.4 Å². The monoisotopic (exact) mass is 1040 g/mol. The van der Waals surface area contributed by atoms with Crippen LogP contribution in [0.3, 0.4) is 0 Å². The number of hydrogen-bond acceptors (Lipinski definition) is 8. The highest BCUT2D eigenvalue weighted by molar-refractivity contribution is 5.76. The number of nitrogens with one attached hydrogen (secondary N) is 1. The molecule has 9 nitrogen and oxygen atoms in total. The van der Waals surface area contributed by atoms with Crippen molar-refractivity contribution in [2.24, 2.45) is 0 Å². The van der Waals surface area contributed by atoms with E-state index in [2.05, 4.69) is 55.6 Å². The van der Waals surface area contributed by atoms with Crippen molar-refractivity contribution in [1.82, 2.24) is 5.32 Å². The Bertz CT molecular complexity index is 1300. The number of carbonyl (C=O) groups is 1. The average Bonchev–Trinajstić information content (AvgIpc) is 3.40. The number of aliphatic hydroxyl groups excluding tert-OH is 5. The third-order valence-electron chi connectivity index (χ3n) is 15.1. The molecule has 0 bridgehead atoms. The van der Waals surface area contributed by atoms with E-state index in [0.29, 0.717) is 6.42 Å². The molecule has 0 saturated carbocycles. The Morgan fingerprint density at radius 3 is 1.22 bits per heavy atom. The van der Waals surface area contributed by atoms with Gasteiger partial charge >= 0.3 is 0 Å². The summed E-state index contributed by atoms with van der Waals surface area (Å²) >= 11 is 0. The van der Waals surface area contributed by atoms with E-state index in [-0.39, 0.29) is 12.5 Å². The average molecular weight is 1040 g/mol. The Morgan fingerprint density at radius 1 is 0.459 bits per heavy atom. The molecule has 1 amide bonds. The number of hydrogen-bond donors (Lipinski definition) is 6. The Morgan fingerprint density at radius 2 is 0.811 bits per heavy atom. The zero-order valence-electron chi connectivity index (χ0n) is 48.4. The van der Waals surface area contributed by atoms with E-state index < -0.39 is 49.5 Å². The summed E-state index contributed by atoms with van der Waals surface area (Å²) < 4.78 is 11.3. The summed E-state index contributed by atoms with van der Waals surface area (Å²) in [6.45, 7) is 3.78. The van der Waals surface area contributed by atoms with Gasteiger partial charge in [-0.25, -0.2) is 0 Å². The maximum Gasteiger partial charge on any atom is 0.220 e. The van der Waals surface area contributed by atoms with Crippen LogP contribution in [0.5, 0.6) is 0 Å². The van der Waals surface area contributed by atoms with Crippen LogP contribution in [-0.4, -0.2) is 87.5 Å². The number of ether oxygens (including phenoxy) is 2. The molecule has 1 fully saturated rings. The maximum atomic E-state index is 13.1. The van der Waals surface area contributed by atoms with Gasteiger partial charge in [-0.15, -0.1) is 0 Å². The first-order valence-electron chi connectivity index (χ1n) is 31.9. The fourth-order valence-electron chi connectivity index (χ4n) is 10.1. The van der Waals surface area contributed by atoms with Gasteiger partial charge in [0.25, 0.3) is 0 Å². The van der Waals surface area contributed by atoms with Gasteiger partial charge < -0.3 is 40.3 Å². The fourth-order valence-corrected chi connectivity index (χ4v) is 10.1. The highest BCUT2D eigenvalue weighted by atomic mass is 16.7. The topological polar surface area (TPSA) is 149 Å². The van der Waals surface area contributed by atoms with Gasteiger partial charge in [0.15, 0.2) is 6.29 Å². The molecule has 74 heavy (non-hydrogen) atoms. The van der Waals surface area contributed by atoms with Crippen LogP contribution in [0.1, 0.15) is 303 Å². The van der Waals surface area contributed by atoms with Crippen molar-refractivity contribution in [3.05, 3.63) is 48.6 Å². The molecule has 7 atom stereocenters. The standard InChI is InChI=1S/C65H121NO8/c1-3-5-7-9-11-13-15-17-19-21-23-24-25-26-27-28-29-30-31-32-33-34-35-36-37-39-41-43-45-47-49-51-53-55-61(69)66-58(57-73-65-64(72)63(71)62(70)60(56-67)74-65)59(68)54-52-50-48-46-44-42-40-38-22-20-18-16-14-12-10-8-6-4-2/h15,17,21,23,44,46,52,54,58-60,62-65,67-68,70-72H,3-14,16,18-20,22,24-43,45,47-51,53,55-57H2,1-2H3,(H,66,69)/b17-15-,23-21-,46-44+,54-52+. The molecule has 0 spiro atoms. The molecule has 0 radical (unpaired) electrons.